The van der Waals surface area contributed by atoms with Crippen LogP contribution >= 0.6 is 0 Å². The smallest absolute Gasteiger partial charge is 0.189 e. The van der Waals surface area contributed by atoms with Crippen LogP contribution in [0.1, 0.15) is 13.3 Å². The highest BCUT2D eigenvalue weighted by molar-refractivity contribution is 5.83. The standard InChI is InChI=1S/C12H13NO2/c1-2-8-15-11-5-3-4-9-10(14)6-7-13-12(9)11/h3-7H,2,8H2,1H3,(H,13,14). The van der Waals surface area contributed by atoms with E-state index >= 15 is 0 Å². The largest absolute Gasteiger partial charge is 0.491 e. The average molecular weight is 203 g/mol. The number of hydrogen-bond donors (Lipinski definition) is 1. The van der Waals surface area contributed by atoms with Crippen LogP contribution in [0.15, 0.2) is 35.3 Å². The number of aromatic nitrogens is 1. The van der Waals surface area contributed by atoms with E-state index in [0.717, 1.165) is 17.7 Å². The first-order chi connectivity index (χ1) is 7.33. The maximum absolute atomic E-state index is 11.5. The Balaban J connectivity index is 2.56. The van der Waals surface area contributed by atoms with E-state index in [9.17, 15) is 4.79 Å². The molecule has 0 atom stereocenters. The van der Waals surface area contributed by atoms with Crippen LogP contribution < -0.4 is 10.2 Å². The Kier molecular flexibility index (Phi) is 2.72. The summed E-state index contributed by atoms with van der Waals surface area (Å²) < 4.78 is 5.55. The molecule has 0 spiro atoms. The molecule has 0 aliphatic carbocycles. The maximum atomic E-state index is 11.5. The number of benzene rings is 1. The molecule has 1 heterocycles. The summed E-state index contributed by atoms with van der Waals surface area (Å²) >= 11 is 0. The lowest BCUT2D eigenvalue weighted by Crippen LogP contribution is -2.02. The molecule has 0 amide bonds. The van der Waals surface area contributed by atoms with Crippen LogP contribution in [0.5, 0.6) is 5.75 Å². The summed E-state index contributed by atoms with van der Waals surface area (Å²) in [5, 5.41) is 0.672. The normalized spacial score (nSPS) is 10.5. The Labute approximate surface area is 87.7 Å². The van der Waals surface area contributed by atoms with Crippen molar-refractivity contribution in [3.63, 3.8) is 0 Å². The van der Waals surface area contributed by atoms with Crippen LogP contribution in [0.4, 0.5) is 0 Å². The van der Waals surface area contributed by atoms with Crippen LogP contribution in [0, 0.1) is 0 Å². The zero-order valence-electron chi connectivity index (χ0n) is 8.62. The van der Waals surface area contributed by atoms with Gasteiger partial charge in [-0.15, -0.1) is 0 Å². The van der Waals surface area contributed by atoms with Gasteiger partial charge in [-0.05, 0) is 18.6 Å². The molecule has 1 aromatic carbocycles. The van der Waals surface area contributed by atoms with Crippen molar-refractivity contribution in [2.75, 3.05) is 6.61 Å². The lowest BCUT2D eigenvalue weighted by molar-refractivity contribution is 0.320. The third kappa shape index (κ3) is 1.86. The van der Waals surface area contributed by atoms with Gasteiger partial charge in [0.2, 0.25) is 0 Å². The van der Waals surface area contributed by atoms with Gasteiger partial charge in [-0.2, -0.15) is 0 Å². The second-order valence-corrected chi connectivity index (χ2v) is 3.37. The summed E-state index contributed by atoms with van der Waals surface area (Å²) in [4.78, 5) is 14.6. The summed E-state index contributed by atoms with van der Waals surface area (Å²) in [6.07, 6.45) is 2.59. The molecule has 15 heavy (non-hydrogen) atoms. The van der Waals surface area contributed by atoms with E-state index in [1.807, 2.05) is 19.1 Å². The first-order valence-electron chi connectivity index (χ1n) is 5.06. The summed E-state index contributed by atoms with van der Waals surface area (Å²) in [6.45, 7) is 2.71. The van der Waals surface area contributed by atoms with Crippen molar-refractivity contribution in [2.24, 2.45) is 0 Å². The van der Waals surface area contributed by atoms with E-state index < -0.39 is 0 Å². The van der Waals surface area contributed by atoms with E-state index in [2.05, 4.69) is 4.98 Å². The second kappa shape index (κ2) is 4.17. The molecule has 78 valence electrons. The fraction of sp³-hybridized carbons (Fsp3) is 0.250. The van der Waals surface area contributed by atoms with Gasteiger partial charge < -0.3 is 9.72 Å². The van der Waals surface area contributed by atoms with Crippen molar-refractivity contribution in [1.29, 1.82) is 0 Å². The summed E-state index contributed by atoms with van der Waals surface area (Å²) in [5.74, 6) is 0.743. The topological polar surface area (TPSA) is 42.1 Å². The summed E-state index contributed by atoms with van der Waals surface area (Å²) in [5.41, 5.74) is 0.796. The average Bonchev–Trinajstić information content (AvgIpc) is 2.27. The number of pyridine rings is 1. The number of nitrogens with one attached hydrogen (secondary N) is 1. The molecule has 1 aromatic heterocycles. The molecule has 0 bridgehead atoms. The molecule has 0 saturated carbocycles. The first kappa shape index (κ1) is 9.77. The Morgan fingerprint density at radius 3 is 3.00 bits per heavy atom. The number of fused-ring (bicyclic) bond motifs is 1. The molecule has 0 fully saturated rings. The number of H-pyrrole nitrogens is 1. The van der Waals surface area contributed by atoms with Gasteiger partial charge in [0.1, 0.15) is 5.75 Å². The Morgan fingerprint density at radius 1 is 1.33 bits per heavy atom. The van der Waals surface area contributed by atoms with Gasteiger partial charge in [-0.3, -0.25) is 4.79 Å². The number of hydrogen-bond acceptors (Lipinski definition) is 2. The SMILES string of the molecule is CCCOc1cccc2c(=O)cc[nH]c12. The molecule has 0 unspecified atom stereocenters. The van der Waals surface area contributed by atoms with E-state index in [0.29, 0.717) is 12.0 Å². The molecule has 2 aromatic rings. The maximum Gasteiger partial charge on any atom is 0.189 e. The highest BCUT2D eigenvalue weighted by atomic mass is 16.5. The van der Waals surface area contributed by atoms with Gasteiger partial charge in [0.15, 0.2) is 5.43 Å². The zero-order chi connectivity index (χ0) is 10.7. The van der Waals surface area contributed by atoms with E-state index in [4.69, 9.17) is 4.74 Å². The fourth-order valence-corrected chi connectivity index (χ4v) is 1.51. The van der Waals surface area contributed by atoms with Gasteiger partial charge in [-0.1, -0.05) is 13.0 Å². The third-order valence-corrected chi connectivity index (χ3v) is 2.22. The molecule has 0 radical (unpaired) electrons. The van der Waals surface area contributed by atoms with Crippen LogP contribution in [0.2, 0.25) is 0 Å². The van der Waals surface area contributed by atoms with Crippen molar-refractivity contribution >= 4 is 10.9 Å². The van der Waals surface area contributed by atoms with Crippen molar-refractivity contribution in [2.45, 2.75) is 13.3 Å². The quantitative estimate of drug-likeness (QED) is 0.831. The fourth-order valence-electron chi connectivity index (χ4n) is 1.51. The van der Waals surface area contributed by atoms with Gasteiger partial charge in [0.05, 0.1) is 12.1 Å². The minimum absolute atomic E-state index is 0.0192. The van der Waals surface area contributed by atoms with Crippen LogP contribution in [0.25, 0.3) is 10.9 Å². The minimum atomic E-state index is 0.0192. The molecule has 3 heteroatoms. The van der Waals surface area contributed by atoms with E-state index in [-0.39, 0.29) is 5.43 Å². The number of para-hydroxylation sites is 1. The molecular formula is C12H13NO2. The monoisotopic (exact) mass is 203 g/mol. The molecular weight excluding hydrogens is 190 g/mol. The van der Waals surface area contributed by atoms with Crippen molar-refractivity contribution in [3.05, 3.63) is 40.7 Å². The molecule has 0 saturated heterocycles. The highest BCUT2D eigenvalue weighted by Crippen LogP contribution is 2.20. The van der Waals surface area contributed by atoms with Gasteiger partial charge in [0.25, 0.3) is 0 Å². The number of ether oxygens (including phenoxy) is 1. The highest BCUT2D eigenvalue weighted by Gasteiger charge is 2.03. The van der Waals surface area contributed by atoms with Crippen molar-refractivity contribution in [3.8, 4) is 5.75 Å². The van der Waals surface area contributed by atoms with Crippen LogP contribution in [-0.2, 0) is 0 Å². The molecule has 2 rings (SSSR count). The second-order valence-electron chi connectivity index (χ2n) is 3.37. The lowest BCUT2D eigenvalue weighted by atomic mass is 10.2. The van der Waals surface area contributed by atoms with Gasteiger partial charge >= 0.3 is 0 Å². The van der Waals surface area contributed by atoms with Crippen LogP contribution in [-0.4, -0.2) is 11.6 Å². The number of aromatic amines is 1. The summed E-state index contributed by atoms with van der Waals surface area (Å²) in [7, 11) is 0. The van der Waals surface area contributed by atoms with Gasteiger partial charge in [-0.25, -0.2) is 0 Å². The van der Waals surface area contributed by atoms with E-state index in [1.165, 1.54) is 6.07 Å². The third-order valence-electron chi connectivity index (χ3n) is 2.22. The molecule has 3 nitrogen and oxygen atoms in total. The predicted molar refractivity (Wildman–Crippen MR) is 60.4 cm³/mol. The Hall–Kier alpha value is -1.77. The molecule has 0 aliphatic rings. The first-order valence-corrected chi connectivity index (χ1v) is 5.06. The lowest BCUT2D eigenvalue weighted by Gasteiger charge is -2.07. The minimum Gasteiger partial charge on any atom is -0.491 e. The molecule has 0 aliphatic heterocycles. The predicted octanol–water partition coefficient (Wildman–Crippen LogP) is 2.32. The van der Waals surface area contributed by atoms with Crippen molar-refractivity contribution in [1.82, 2.24) is 4.98 Å². The summed E-state index contributed by atoms with van der Waals surface area (Å²) in [6, 6.07) is 7.02. The molecule has 1 N–H and O–H groups in total. The number of rotatable bonds is 3. The van der Waals surface area contributed by atoms with Crippen LogP contribution in [0.3, 0.4) is 0 Å². The van der Waals surface area contributed by atoms with Gasteiger partial charge in [0, 0.05) is 17.6 Å². The zero-order valence-corrected chi connectivity index (χ0v) is 8.62. The Morgan fingerprint density at radius 2 is 2.20 bits per heavy atom. The van der Waals surface area contributed by atoms with Crippen molar-refractivity contribution < 1.29 is 4.74 Å². The Bertz CT molecular complexity index is 516. The van der Waals surface area contributed by atoms with E-state index in [1.54, 1.807) is 12.3 Å².